The zero-order valence-corrected chi connectivity index (χ0v) is 17.1. The second-order valence-corrected chi connectivity index (χ2v) is 8.57. The van der Waals surface area contributed by atoms with Crippen LogP contribution in [0.15, 0.2) is 52.9 Å². The summed E-state index contributed by atoms with van der Waals surface area (Å²) in [6, 6.07) is 9.94. The lowest BCUT2D eigenvalue weighted by Crippen LogP contribution is -2.17. The number of carbonyl (C=O) groups is 1. The number of anilines is 2. The first-order valence-corrected chi connectivity index (χ1v) is 10.7. The van der Waals surface area contributed by atoms with Gasteiger partial charge in [-0.25, -0.2) is 13.4 Å². The van der Waals surface area contributed by atoms with Crippen LogP contribution in [0.4, 0.5) is 11.4 Å². The molecule has 0 spiro atoms. The van der Waals surface area contributed by atoms with Crippen molar-refractivity contribution in [1.29, 1.82) is 0 Å². The first-order chi connectivity index (χ1) is 13.3. The number of hydrogen-bond acceptors (Lipinski definition) is 6. The van der Waals surface area contributed by atoms with Crippen molar-refractivity contribution in [2.45, 2.75) is 18.7 Å². The van der Waals surface area contributed by atoms with Crippen molar-refractivity contribution in [1.82, 2.24) is 4.98 Å². The average molecular weight is 418 g/mol. The Morgan fingerprint density at radius 3 is 2.46 bits per heavy atom. The van der Waals surface area contributed by atoms with E-state index in [0.717, 1.165) is 11.1 Å². The van der Waals surface area contributed by atoms with Crippen LogP contribution in [0.3, 0.4) is 0 Å². The Hall–Kier alpha value is -2.91. The lowest BCUT2D eigenvalue weighted by atomic mass is 10.1. The van der Waals surface area contributed by atoms with Crippen LogP contribution < -0.4 is 14.8 Å². The minimum atomic E-state index is -3.95. The molecule has 0 aliphatic rings. The molecule has 0 fully saturated rings. The monoisotopic (exact) mass is 417 g/mol. The molecule has 3 aromatic rings. The van der Waals surface area contributed by atoms with Gasteiger partial charge >= 0.3 is 0 Å². The molecule has 0 unspecified atom stereocenters. The minimum absolute atomic E-state index is 0.0745. The maximum absolute atomic E-state index is 13.0. The number of ether oxygens (including phenoxy) is 1. The normalized spacial score (nSPS) is 11.1. The van der Waals surface area contributed by atoms with Crippen LogP contribution in [-0.4, -0.2) is 26.4 Å². The highest BCUT2D eigenvalue weighted by Gasteiger charge is 2.22. The lowest BCUT2D eigenvalue weighted by Gasteiger charge is -2.16. The highest BCUT2D eigenvalue weighted by molar-refractivity contribution is 7.92. The molecule has 1 amide bonds. The number of aryl methyl sites for hydroxylation is 2. The van der Waals surface area contributed by atoms with Gasteiger partial charge in [0.2, 0.25) is 0 Å². The topological polar surface area (TPSA) is 97.4 Å². The Kier molecular flexibility index (Phi) is 5.66. The van der Waals surface area contributed by atoms with Crippen molar-refractivity contribution in [3.05, 3.63) is 64.1 Å². The maximum Gasteiger partial charge on any atom is 0.284 e. The summed E-state index contributed by atoms with van der Waals surface area (Å²) < 4.78 is 33.9. The van der Waals surface area contributed by atoms with Crippen molar-refractivity contribution in [2.24, 2.45) is 0 Å². The number of nitrogens with zero attached hydrogens (tertiary/aromatic N) is 1. The van der Waals surface area contributed by atoms with E-state index >= 15 is 0 Å². The molecule has 0 saturated carbocycles. The number of amides is 1. The van der Waals surface area contributed by atoms with Gasteiger partial charge in [-0.3, -0.25) is 9.52 Å². The summed E-state index contributed by atoms with van der Waals surface area (Å²) in [6.45, 7) is 3.65. The summed E-state index contributed by atoms with van der Waals surface area (Å²) in [7, 11) is -2.56. The van der Waals surface area contributed by atoms with Gasteiger partial charge in [0.1, 0.15) is 10.6 Å². The molecule has 3 rings (SSSR count). The fourth-order valence-corrected chi connectivity index (χ4v) is 4.58. The first-order valence-electron chi connectivity index (χ1n) is 8.30. The van der Waals surface area contributed by atoms with Gasteiger partial charge in [0.25, 0.3) is 15.9 Å². The van der Waals surface area contributed by atoms with Crippen molar-refractivity contribution >= 4 is 38.6 Å². The Bertz CT molecular complexity index is 1090. The number of nitrogens with one attached hydrogen (secondary N) is 2. The number of aromatic nitrogens is 1. The van der Waals surface area contributed by atoms with Crippen molar-refractivity contribution in [3.8, 4) is 5.75 Å². The number of rotatable bonds is 6. The van der Waals surface area contributed by atoms with Gasteiger partial charge in [-0.05, 0) is 43.2 Å². The third-order valence-corrected chi connectivity index (χ3v) is 6.20. The van der Waals surface area contributed by atoms with Crippen LogP contribution in [0.25, 0.3) is 0 Å². The van der Waals surface area contributed by atoms with Crippen molar-refractivity contribution < 1.29 is 17.9 Å². The predicted molar refractivity (Wildman–Crippen MR) is 110 cm³/mol. The predicted octanol–water partition coefficient (Wildman–Crippen LogP) is 3.82. The highest BCUT2D eigenvalue weighted by Crippen LogP contribution is 2.31. The van der Waals surface area contributed by atoms with Crippen LogP contribution in [0, 0.1) is 13.8 Å². The Morgan fingerprint density at radius 2 is 1.86 bits per heavy atom. The second-order valence-electron chi connectivity index (χ2n) is 6.03. The minimum Gasteiger partial charge on any atom is -0.495 e. The molecule has 0 atom stereocenters. The summed E-state index contributed by atoms with van der Waals surface area (Å²) in [5.41, 5.74) is 2.44. The molecule has 0 aliphatic heterocycles. The lowest BCUT2D eigenvalue weighted by molar-refractivity contribution is 0.102. The summed E-state index contributed by atoms with van der Waals surface area (Å²) in [6.07, 6.45) is 1.53. The number of hydrogen-bond donors (Lipinski definition) is 2. The molecule has 2 aromatic carbocycles. The number of benzene rings is 2. The SMILES string of the molecule is COc1ccc(NC(=O)c2nccs2)cc1S(=O)(=O)Nc1c(C)cccc1C. The third kappa shape index (κ3) is 4.15. The third-order valence-electron chi connectivity index (χ3n) is 4.06. The van der Waals surface area contributed by atoms with Crippen LogP contribution >= 0.6 is 11.3 Å². The van der Waals surface area contributed by atoms with Crippen molar-refractivity contribution in [3.63, 3.8) is 0 Å². The van der Waals surface area contributed by atoms with Crippen LogP contribution in [0.2, 0.25) is 0 Å². The second kappa shape index (κ2) is 7.99. The van der Waals surface area contributed by atoms with Crippen LogP contribution in [0.5, 0.6) is 5.75 Å². The molecular formula is C19H19N3O4S2. The summed E-state index contributed by atoms with van der Waals surface area (Å²) >= 11 is 1.19. The quantitative estimate of drug-likeness (QED) is 0.635. The molecule has 0 bridgehead atoms. The van der Waals surface area contributed by atoms with Crippen molar-refractivity contribution in [2.75, 3.05) is 17.1 Å². The Labute approximate surface area is 167 Å². The number of para-hydroxylation sites is 1. The molecule has 0 aliphatic carbocycles. The molecule has 9 heteroatoms. The molecule has 2 N–H and O–H groups in total. The van der Waals surface area contributed by atoms with Crippen LogP contribution in [-0.2, 0) is 10.0 Å². The van der Waals surface area contributed by atoms with E-state index in [0.29, 0.717) is 11.4 Å². The molecule has 28 heavy (non-hydrogen) atoms. The molecule has 7 nitrogen and oxygen atoms in total. The molecule has 1 heterocycles. The highest BCUT2D eigenvalue weighted by atomic mass is 32.2. The number of thiazole rings is 1. The van der Waals surface area contributed by atoms with Gasteiger partial charge in [-0.1, -0.05) is 18.2 Å². The van der Waals surface area contributed by atoms with E-state index < -0.39 is 15.9 Å². The van der Waals surface area contributed by atoms with Gasteiger partial charge in [0.15, 0.2) is 5.01 Å². The Morgan fingerprint density at radius 1 is 1.14 bits per heavy atom. The van der Waals surface area contributed by atoms with Gasteiger partial charge in [0, 0.05) is 17.3 Å². The zero-order valence-electron chi connectivity index (χ0n) is 15.5. The van der Waals surface area contributed by atoms with Gasteiger partial charge in [0.05, 0.1) is 12.8 Å². The van der Waals surface area contributed by atoms with Gasteiger partial charge < -0.3 is 10.1 Å². The summed E-state index contributed by atoms with van der Waals surface area (Å²) in [4.78, 5) is 16.1. The van der Waals surface area contributed by atoms with E-state index in [4.69, 9.17) is 4.74 Å². The van der Waals surface area contributed by atoms with E-state index in [1.807, 2.05) is 32.0 Å². The standard InChI is InChI=1S/C19H19N3O4S2/c1-12-5-4-6-13(2)17(12)22-28(24,25)16-11-14(7-8-15(16)26-3)21-18(23)19-20-9-10-27-19/h4-11,22H,1-3H3,(H,21,23). The molecule has 0 saturated heterocycles. The summed E-state index contributed by atoms with van der Waals surface area (Å²) in [5.74, 6) is -0.239. The molecule has 146 valence electrons. The fourth-order valence-electron chi connectivity index (χ4n) is 2.65. The molecule has 1 aromatic heterocycles. The van der Waals surface area contributed by atoms with E-state index in [9.17, 15) is 13.2 Å². The first kappa shape index (κ1) is 19.8. The number of methoxy groups -OCH3 is 1. The van der Waals surface area contributed by atoms with Gasteiger partial charge in [-0.2, -0.15) is 0 Å². The van der Waals surface area contributed by atoms with E-state index in [1.54, 1.807) is 11.4 Å². The summed E-state index contributed by atoms with van der Waals surface area (Å²) in [5, 5.41) is 4.63. The fraction of sp³-hybridized carbons (Fsp3) is 0.158. The Balaban J connectivity index is 1.96. The smallest absolute Gasteiger partial charge is 0.284 e. The van der Waals surface area contributed by atoms with E-state index in [-0.39, 0.29) is 15.7 Å². The van der Waals surface area contributed by atoms with Gasteiger partial charge in [-0.15, -0.1) is 11.3 Å². The molecular weight excluding hydrogens is 398 g/mol. The number of carbonyl (C=O) groups excluding carboxylic acids is 1. The van der Waals surface area contributed by atoms with E-state index in [2.05, 4.69) is 15.0 Å². The zero-order chi connectivity index (χ0) is 20.3. The number of sulfonamides is 1. The van der Waals surface area contributed by atoms with Crippen LogP contribution in [0.1, 0.15) is 20.9 Å². The average Bonchev–Trinajstić information content (AvgIpc) is 3.20. The maximum atomic E-state index is 13.0. The van der Waals surface area contributed by atoms with E-state index in [1.165, 1.54) is 36.8 Å². The molecule has 0 radical (unpaired) electrons. The largest absolute Gasteiger partial charge is 0.495 e.